The molecular weight excluding hydrogens is 400 g/mol. The predicted octanol–water partition coefficient (Wildman–Crippen LogP) is 5.02. The Morgan fingerprint density at radius 3 is 2.34 bits per heavy atom. The Kier molecular flexibility index (Phi) is 6.22. The van der Waals surface area contributed by atoms with E-state index in [-0.39, 0.29) is 16.7 Å². The number of hydrogen-bond donors (Lipinski definition) is 0. The Bertz CT molecular complexity index is 971. The van der Waals surface area contributed by atoms with Crippen molar-refractivity contribution in [2.45, 2.75) is 52.0 Å². The fourth-order valence-corrected chi connectivity index (χ4v) is 5.14. The molecule has 0 saturated carbocycles. The van der Waals surface area contributed by atoms with Gasteiger partial charge in [0.1, 0.15) is 11.5 Å². The first kappa shape index (κ1) is 22.7. The molecule has 32 heavy (non-hydrogen) atoms. The van der Waals surface area contributed by atoms with Crippen LogP contribution >= 0.6 is 0 Å². The second kappa shape index (κ2) is 8.78. The van der Waals surface area contributed by atoms with Crippen LogP contribution in [-0.4, -0.2) is 44.7 Å². The summed E-state index contributed by atoms with van der Waals surface area (Å²) in [5.41, 5.74) is 3.60. The van der Waals surface area contributed by atoms with Crippen LogP contribution in [0.25, 0.3) is 0 Å². The molecule has 1 spiro atoms. The van der Waals surface area contributed by atoms with Crippen LogP contribution in [0.3, 0.4) is 0 Å². The van der Waals surface area contributed by atoms with Gasteiger partial charge in [0.05, 0.1) is 14.2 Å². The molecule has 0 aliphatic carbocycles. The van der Waals surface area contributed by atoms with Gasteiger partial charge in [-0.2, -0.15) is 0 Å². The molecule has 2 aliphatic heterocycles. The second-order valence-corrected chi connectivity index (χ2v) is 10.5. The Labute approximate surface area is 192 Å². The number of likely N-dealkylation sites (tertiary alicyclic amines) is 1. The number of benzene rings is 2. The molecule has 0 N–H and O–H groups in total. The number of carbonyl (C=O) groups excluding carboxylic acids is 1. The molecule has 5 heteroatoms. The number of piperidine rings is 1. The Morgan fingerprint density at radius 1 is 1.00 bits per heavy atom. The minimum atomic E-state index is -0.0282. The van der Waals surface area contributed by atoms with Gasteiger partial charge in [-0.1, -0.05) is 32.9 Å². The number of carbonyl (C=O) groups is 1. The summed E-state index contributed by atoms with van der Waals surface area (Å²) >= 11 is 0. The number of amides is 1. The third-order valence-corrected chi connectivity index (χ3v) is 6.86. The smallest absolute Gasteiger partial charge is 0.227 e. The van der Waals surface area contributed by atoms with Gasteiger partial charge in [0.2, 0.25) is 5.91 Å². The van der Waals surface area contributed by atoms with E-state index in [1.54, 1.807) is 14.2 Å². The lowest BCUT2D eigenvalue weighted by molar-refractivity contribution is -0.120. The van der Waals surface area contributed by atoms with Crippen molar-refractivity contribution in [1.29, 1.82) is 0 Å². The van der Waals surface area contributed by atoms with E-state index in [2.05, 4.69) is 56.0 Å². The summed E-state index contributed by atoms with van der Waals surface area (Å²) in [4.78, 5) is 17.8. The molecule has 1 amide bonds. The number of anilines is 1. The van der Waals surface area contributed by atoms with Gasteiger partial charge in [0.15, 0.2) is 0 Å². The lowest BCUT2D eigenvalue weighted by Crippen LogP contribution is -2.46. The van der Waals surface area contributed by atoms with Gasteiger partial charge >= 0.3 is 0 Å². The van der Waals surface area contributed by atoms with Crippen LogP contribution in [0, 0.1) is 5.41 Å². The second-order valence-electron chi connectivity index (χ2n) is 10.5. The van der Waals surface area contributed by atoms with Gasteiger partial charge in [-0.15, -0.1) is 0 Å². The fraction of sp³-hybridized carbons (Fsp3) is 0.519. The summed E-state index contributed by atoms with van der Waals surface area (Å²) in [5.74, 6) is 1.99. The molecular formula is C27H36N2O3. The van der Waals surface area contributed by atoms with Crippen LogP contribution in [0.15, 0.2) is 42.5 Å². The lowest BCUT2D eigenvalue weighted by Gasteiger charge is -2.40. The molecule has 1 saturated heterocycles. The monoisotopic (exact) mass is 436 g/mol. The normalized spacial score (nSPS) is 18.0. The average Bonchev–Trinajstić information content (AvgIpc) is 3.08. The van der Waals surface area contributed by atoms with Crippen molar-refractivity contribution in [3.63, 3.8) is 0 Å². The molecule has 5 nitrogen and oxygen atoms in total. The minimum Gasteiger partial charge on any atom is -0.497 e. The van der Waals surface area contributed by atoms with E-state index >= 15 is 0 Å². The van der Waals surface area contributed by atoms with E-state index in [9.17, 15) is 4.79 Å². The summed E-state index contributed by atoms with van der Waals surface area (Å²) in [7, 11) is 3.42. The molecule has 2 heterocycles. The SMILES string of the molecule is COc1cccc(CN2CCC3(CC2)CN(C(=O)CC(C)(C)C)c2ccc(OC)cc23)c1. The minimum absolute atomic E-state index is 0.00228. The van der Waals surface area contributed by atoms with Crippen LogP contribution in [-0.2, 0) is 16.8 Å². The largest absolute Gasteiger partial charge is 0.497 e. The van der Waals surface area contributed by atoms with Crippen LogP contribution in [0.5, 0.6) is 11.5 Å². The van der Waals surface area contributed by atoms with Gasteiger partial charge in [-0.05, 0) is 72.8 Å². The third-order valence-electron chi connectivity index (χ3n) is 6.86. The van der Waals surface area contributed by atoms with E-state index in [1.165, 1.54) is 11.1 Å². The number of hydrogen-bond acceptors (Lipinski definition) is 4. The van der Waals surface area contributed by atoms with Gasteiger partial charge in [0.25, 0.3) is 0 Å². The van der Waals surface area contributed by atoms with Crippen molar-refractivity contribution >= 4 is 11.6 Å². The highest BCUT2D eigenvalue weighted by Crippen LogP contribution is 2.49. The summed E-state index contributed by atoms with van der Waals surface area (Å²) in [6.45, 7) is 10.1. The lowest BCUT2D eigenvalue weighted by atomic mass is 9.74. The zero-order chi connectivity index (χ0) is 22.9. The highest BCUT2D eigenvalue weighted by molar-refractivity contribution is 5.96. The molecule has 2 aliphatic rings. The average molecular weight is 437 g/mol. The zero-order valence-electron chi connectivity index (χ0n) is 20.1. The maximum atomic E-state index is 13.2. The first-order valence-electron chi connectivity index (χ1n) is 11.6. The third kappa shape index (κ3) is 4.63. The fourth-order valence-electron chi connectivity index (χ4n) is 5.14. The molecule has 2 aromatic carbocycles. The van der Waals surface area contributed by atoms with Crippen LogP contribution in [0.2, 0.25) is 0 Å². The van der Waals surface area contributed by atoms with Crippen molar-refractivity contribution in [2.24, 2.45) is 5.41 Å². The maximum absolute atomic E-state index is 13.2. The topological polar surface area (TPSA) is 42.0 Å². The van der Waals surface area contributed by atoms with Crippen LogP contribution in [0.1, 0.15) is 51.2 Å². The number of nitrogens with zero attached hydrogens (tertiary/aromatic N) is 2. The quantitative estimate of drug-likeness (QED) is 0.660. The molecule has 4 rings (SSSR count). The number of rotatable bonds is 5. The van der Waals surface area contributed by atoms with E-state index in [4.69, 9.17) is 9.47 Å². The standard InChI is InChI=1S/C27H36N2O3/c1-26(2,3)17-25(30)29-19-27(23-16-22(32-5)9-10-24(23)29)11-13-28(14-12-27)18-20-7-6-8-21(15-20)31-4/h6-10,15-16H,11-14,17-19H2,1-5H3. The number of ether oxygens (including phenoxy) is 2. The first-order chi connectivity index (χ1) is 15.2. The first-order valence-corrected chi connectivity index (χ1v) is 11.6. The molecule has 0 unspecified atom stereocenters. The van der Waals surface area contributed by atoms with E-state index in [0.717, 1.165) is 56.2 Å². The summed E-state index contributed by atoms with van der Waals surface area (Å²) in [6, 6.07) is 14.5. The molecule has 172 valence electrons. The van der Waals surface area contributed by atoms with Crippen LogP contribution in [0.4, 0.5) is 5.69 Å². The number of methoxy groups -OCH3 is 2. The van der Waals surface area contributed by atoms with Crippen molar-refractivity contribution < 1.29 is 14.3 Å². The van der Waals surface area contributed by atoms with Crippen molar-refractivity contribution in [2.75, 3.05) is 38.8 Å². The van der Waals surface area contributed by atoms with Gasteiger partial charge < -0.3 is 14.4 Å². The number of fused-ring (bicyclic) bond motifs is 2. The summed E-state index contributed by atoms with van der Waals surface area (Å²) < 4.78 is 10.9. The van der Waals surface area contributed by atoms with Crippen LogP contribution < -0.4 is 14.4 Å². The Balaban J connectivity index is 1.53. The maximum Gasteiger partial charge on any atom is 0.227 e. The van der Waals surface area contributed by atoms with E-state index < -0.39 is 0 Å². The highest BCUT2D eigenvalue weighted by Gasteiger charge is 2.46. The Morgan fingerprint density at radius 2 is 1.69 bits per heavy atom. The molecule has 1 fully saturated rings. The van der Waals surface area contributed by atoms with E-state index in [1.807, 2.05) is 17.0 Å². The van der Waals surface area contributed by atoms with Crippen molar-refractivity contribution in [1.82, 2.24) is 4.90 Å². The summed E-state index contributed by atoms with van der Waals surface area (Å²) in [5, 5.41) is 0. The highest BCUT2D eigenvalue weighted by atomic mass is 16.5. The molecule has 0 aromatic heterocycles. The molecule has 0 radical (unpaired) electrons. The predicted molar refractivity (Wildman–Crippen MR) is 129 cm³/mol. The van der Waals surface area contributed by atoms with Crippen molar-refractivity contribution in [3.05, 3.63) is 53.6 Å². The van der Waals surface area contributed by atoms with Gasteiger partial charge in [-0.3, -0.25) is 9.69 Å². The van der Waals surface area contributed by atoms with Gasteiger partial charge in [-0.25, -0.2) is 0 Å². The van der Waals surface area contributed by atoms with E-state index in [0.29, 0.717) is 6.42 Å². The summed E-state index contributed by atoms with van der Waals surface area (Å²) in [6.07, 6.45) is 2.63. The Hall–Kier alpha value is -2.53. The van der Waals surface area contributed by atoms with Gasteiger partial charge in [0, 0.05) is 30.6 Å². The molecule has 2 aromatic rings. The molecule has 0 atom stereocenters. The zero-order valence-corrected chi connectivity index (χ0v) is 20.1. The molecule has 0 bridgehead atoms. The van der Waals surface area contributed by atoms with Crippen molar-refractivity contribution in [3.8, 4) is 11.5 Å².